The van der Waals surface area contributed by atoms with E-state index >= 15 is 0 Å². The van der Waals surface area contributed by atoms with Crippen LogP contribution >= 0.6 is 11.6 Å². The van der Waals surface area contributed by atoms with Crippen molar-refractivity contribution in [3.05, 3.63) is 64.7 Å². The zero-order valence-electron chi connectivity index (χ0n) is 30.0. The van der Waals surface area contributed by atoms with E-state index in [4.69, 9.17) is 25.8 Å². The van der Waals surface area contributed by atoms with Gasteiger partial charge < -0.3 is 24.0 Å². The van der Waals surface area contributed by atoms with E-state index in [9.17, 15) is 18.0 Å². The number of amides is 2. The summed E-state index contributed by atoms with van der Waals surface area (Å²) in [7, 11) is -0.560. The summed E-state index contributed by atoms with van der Waals surface area (Å²) in [4.78, 5) is 33.4. The average Bonchev–Trinajstić information content (AvgIpc) is 3.57. The van der Waals surface area contributed by atoms with Gasteiger partial charge in [0.1, 0.15) is 17.4 Å². The molecule has 1 saturated heterocycles. The molecule has 8 rings (SSSR count). The molecule has 5 atom stereocenters. The number of likely N-dealkylation sites (N-methyl/N-ethyl adjacent to an activating group) is 2. The van der Waals surface area contributed by atoms with Gasteiger partial charge in [0.15, 0.2) is 0 Å². The van der Waals surface area contributed by atoms with Crippen LogP contribution in [-0.4, -0.2) is 101 Å². The highest BCUT2D eigenvalue weighted by Crippen LogP contribution is 2.47. The molecule has 2 bridgehead atoms. The standard InChI is InChI=1S/C39H49ClN4O7S/c1-42-18-4-7-34(51-37(46)43(2)29-14-19-49-23-29)31-11-8-27(31)22-44-24-38(15-3-6-26-20-28(40)9-12-32(26)38)25-50-35-13-10-30(21-33(35)44)52(47,48)41-36(45)39(42)16-5-17-39/h4,7,9-10,12-13,20-21,27,29,31,34H,3,5-6,8,11,14-19,22-25H2,1-2H3,(H,41,45)/b7-4+/t27-,29+,31+,34-,38-/m0/s1. The number of hydrogen-bond donors (Lipinski definition) is 1. The number of ether oxygens (including phenoxy) is 3. The van der Waals surface area contributed by atoms with Crippen LogP contribution in [0.25, 0.3) is 0 Å². The molecular formula is C39H49ClN4O7S. The van der Waals surface area contributed by atoms with Crippen molar-refractivity contribution in [1.82, 2.24) is 14.5 Å². The summed E-state index contributed by atoms with van der Waals surface area (Å²) >= 11 is 6.46. The molecule has 2 saturated carbocycles. The number of fused-ring (bicyclic) bond motifs is 4. The van der Waals surface area contributed by atoms with Crippen LogP contribution in [-0.2, 0) is 36.1 Å². The Bertz CT molecular complexity index is 1860. The fourth-order valence-electron chi connectivity index (χ4n) is 9.34. The molecular weight excluding hydrogens is 704 g/mol. The van der Waals surface area contributed by atoms with Crippen LogP contribution in [0.3, 0.4) is 0 Å². The van der Waals surface area contributed by atoms with Gasteiger partial charge in [0.2, 0.25) is 0 Å². The summed E-state index contributed by atoms with van der Waals surface area (Å²) in [6.07, 6.45) is 10.5. The van der Waals surface area contributed by atoms with Gasteiger partial charge in [-0.25, -0.2) is 17.9 Å². The Hall–Kier alpha value is -3.32. The summed E-state index contributed by atoms with van der Waals surface area (Å²) in [5.74, 6) is 0.310. The van der Waals surface area contributed by atoms with Crippen LogP contribution in [0.15, 0.2) is 53.4 Å². The molecule has 3 heterocycles. The molecule has 2 aromatic carbocycles. The molecule has 280 valence electrons. The number of sulfonamides is 1. The Morgan fingerprint density at radius 3 is 2.67 bits per heavy atom. The molecule has 2 aromatic rings. The number of nitrogens with zero attached hydrogens (tertiary/aromatic N) is 3. The zero-order chi connectivity index (χ0) is 36.3. The zero-order valence-corrected chi connectivity index (χ0v) is 31.6. The fourth-order valence-corrected chi connectivity index (χ4v) is 10.6. The Kier molecular flexibility index (Phi) is 9.49. The Morgan fingerprint density at radius 2 is 1.94 bits per heavy atom. The van der Waals surface area contributed by atoms with Crippen molar-refractivity contribution in [2.45, 2.75) is 85.8 Å². The molecule has 3 aliphatic carbocycles. The van der Waals surface area contributed by atoms with Crippen molar-refractivity contribution in [1.29, 1.82) is 0 Å². The third-order valence-electron chi connectivity index (χ3n) is 12.9. The first-order valence-electron chi connectivity index (χ1n) is 18.8. The minimum Gasteiger partial charge on any atom is -0.490 e. The number of anilines is 1. The molecule has 11 nitrogen and oxygen atoms in total. The lowest BCUT2D eigenvalue weighted by atomic mass is 9.68. The second kappa shape index (κ2) is 13.8. The van der Waals surface area contributed by atoms with Gasteiger partial charge in [0, 0.05) is 49.6 Å². The number of halogens is 1. The average molecular weight is 753 g/mol. The lowest BCUT2D eigenvalue weighted by Gasteiger charge is -2.47. The summed E-state index contributed by atoms with van der Waals surface area (Å²) in [6, 6.07) is 11.1. The predicted octanol–water partition coefficient (Wildman–Crippen LogP) is 5.29. The van der Waals surface area contributed by atoms with E-state index in [1.807, 2.05) is 30.2 Å². The van der Waals surface area contributed by atoms with Gasteiger partial charge in [0.25, 0.3) is 15.9 Å². The number of carbonyl (C=O) groups excluding carboxylic acids is 2. The van der Waals surface area contributed by atoms with Crippen molar-refractivity contribution in [3.8, 4) is 5.75 Å². The molecule has 3 aliphatic heterocycles. The van der Waals surface area contributed by atoms with Crippen LogP contribution in [0, 0.1) is 11.8 Å². The van der Waals surface area contributed by atoms with E-state index in [1.54, 1.807) is 24.1 Å². The third-order valence-corrected chi connectivity index (χ3v) is 14.5. The largest absolute Gasteiger partial charge is 0.490 e. The summed E-state index contributed by atoms with van der Waals surface area (Å²) in [5, 5.41) is 0.711. The number of aryl methyl sites for hydroxylation is 1. The quantitative estimate of drug-likeness (QED) is 0.409. The van der Waals surface area contributed by atoms with Crippen molar-refractivity contribution < 1.29 is 32.2 Å². The van der Waals surface area contributed by atoms with E-state index < -0.39 is 27.6 Å². The van der Waals surface area contributed by atoms with Crippen molar-refractivity contribution >= 4 is 39.3 Å². The lowest BCUT2D eigenvalue weighted by Crippen LogP contribution is -2.62. The van der Waals surface area contributed by atoms with Crippen molar-refractivity contribution in [2.24, 2.45) is 11.8 Å². The van der Waals surface area contributed by atoms with Crippen LogP contribution < -0.4 is 14.4 Å². The maximum absolute atomic E-state index is 13.9. The number of rotatable bonds is 2. The SMILES string of the molecule is CN(C(=O)O[C@H]1/C=C/CN(C)C2(CCC2)C(=O)NS(=O)(=O)c2ccc3c(c2)N(C[C@@H]2CC[C@H]21)C[C@@]1(CCCc2cc(Cl)ccc21)CO3)[C@@H]1CCOC1. The van der Waals surface area contributed by atoms with E-state index in [-0.39, 0.29) is 34.3 Å². The normalized spacial score (nSPS) is 31.5. The van der Waals surface area contributed by atoms with Gasteiger partial charge in [-0.2, -0.15) is 0 Å². The van der Waals surface area contributed by atoms with E-state index in [0.29, 0.717) is 68.8 Å². The second-order valence-electron chi connectivity index (χ2n) is 15.8. The molecule has 2 amide bonds. The molecule has 52 heavy (non-hydrogen) atoms. The molecule has 2 spiro atoms. The first-order valence-corrected chi connectivity index (χ1v) is 20.6. The van der Waals surface area contributed by atoms with Crippen LogP contribution in [0.5, 0.6) is 5.75 Å². The van der Waals surface area contributed by atoms with Crippen LogP contribution in [0.4, 0.5) is 10.5 Å². The second-order valence-corrected chi connectivity index (χ2v) is 18.0. The maximum atomic E-state index is 13.9. The Morgan fingerprint density at radius 1 is 1.10 bits per heavy atom. The minimum atomic E-state index is -4.19. The highest BCUT2D eigenvalue weighted by molar-refractivity contribution is 7.90. The van der Waals surface area contributed by atoms with Gasteiger partial charge >= 0.3 is 6.09 Å². The molecule has 0 radical (unpaired) electrons. The summed E-state index contributed by atoms with van der Waals surface area (Å²) in [5.41, 5.74) is 1.83. The highest BCUT2D eigenvalue weighted by atomic mass is 35.5. The number of carbonyl (C=O) groups is 2. The van der Waals surface area contributed by atoms with Gasteiger partial charge in [-0.1, -0.05) is 23.7 Å². The van der Waals surface area contributed by atoms with Crippen LogP contribution in [0.1, 0.15) is 62.5 Å². The third kappa shape index (κ3) is 6.37. The summed E-state index contributed by atoms with van der Waals surface area (Å²) < 4.78 is 48.8. The lowest BCUT2D eigenvalue weighted by molar-refractivity contribution is -0.136. The molecule has 3 fully saturated rings. The highest BCUT2D eigenvalue weighted by Gasteiger charge is 2.49. The molecule has 6 aliphatic rings. The van der Waals surface area contributed by atoms with Crippen molar-refractivity contribution in [2.75, 3.05) is 58.5 Å². The molecule has 0 unspecified atom stereocenters. The van der Waals surface area contributed by atoms with Gasteiger partial charge in [-0.3, -0.25) is 9.69 Å². The Labute approximate surface area is 311 Å². The minimum absolute atomic E-state index is 0.0218. The fraction of sp³-hybridized carbons (Fsp3) is 0.590. The molecule has 13 heteroatoms. The molecule has 0 aromatic heterocycles. The van der Waals surface area contributed by atoms with Gasteiger partial charge in [-0.05, 0) is 118 Å². The number of hydrogen-bond acceptors (Lipinski definition) is 9. The maximum Gasteiger partial charge on any atom is 0.410 e. The van der Waals surface area contributed by atoms with Gasteiger partial charge in [0.05, 0.1) is 29.8 Å². The summed E-state index contributed by atoms with van der Waals surface area (Å²) in [6.45, 7) is 3.21. The van der Waals surface area contributed by atoms with Gasteiger partial charge in [-0.15, -0.1) is 0 Å². The first-order chi connectivity index (χ1) is 25.0. The van der Waals surface area contributed by atoms with E-state index in [0.717, 1.165) is 44.9 Å². The van der Waals surface area contributed by atoms with Crippen molar-refractivity contribution in [3.63, 3.8) is 0 Å². The molecule has 1 N–H and O–H groups in total. The first kappa shape index (κ1) is 35.7. The smallest absolute Gasteiger partial charge is 0.410 e. The monoisotopic (exact) mass is 752 g/mol. The topological polar surface area (TPSA) is 118 Å². The van der Waals surface area contributed by atoms with Crippen LogP contribution in [0.2, 0.25) is 5.02 Å². The predicted molar refractivity (Wildman–Crippen MR) is 197 cm³/mol. The number of benzene rings is 2. The van der Waals surface area contributed by atoms with E-state index in [2.05, 4.69) is 21.8 Å². The van der Waals surface area contributed by atoms with E-state index in [1.165, 1.54) is 17.2 Å². The Balaban J connectivity index is 1.18. The number of nitrogens with one attached hydrogen (secondary N) is 1.